The van der Waals surface area contributed by atoms with Crippen molar-refractivity contribution < 1.29 is 23.7 Å². The van der Waals surface area contributed by atoms with E-state index in [1.807, 2.05) is 44.4 Å². The van der Waals surface area contributed by atoms with E-state index < -0.39 is 20.2 Å². The molecule has 36 heavy (non-hydrogen) atoms. The summed E-state index contributed by atoms with van der Waals surface area (Å²) < 4.78 is 24.3. The smallest absolute Gasteiger partial charge is 0.493 e. The summed E-state index contributed by atoms with van der Waals surface area (Å²) in [6.45, 7) is 8.75. The number of benzene rings is 1. The van der Waals surface area contributed by atoms with E-state index in [1.165, 1.54) is 0 Å². The summed E-state index contributed by atoms with van der Waals surface area (Å²) in [7, 11) is 4.69. The van der Waals surface area contributed by atoms with Gasteiger partial charge in [-0.3, -0.25) is 0 Å². The Kier molecular flexibility index (Phi) is 8.90. The third-order valence-electron chi connectivity index (χ3n) is 5.59. The summed E-state index contributed by atoms with van der Waals surface area (Å²) in [5.41, 5.74) is 7.88. The molecular formula is C26H37AsN4O5. The summed E-state index contributed by atoms with van der Waals surface area (Å²) in [6, 6.07) is 3.63. The van der Waals surface area contributed by atoms with Gasteiger partial charge in [0.15, 0.2) is 0 Å². The first kappa shape index (κ1) is 27.8. The molecule has 0 fully saturated rings. The third-order valence-corrected chi connectivity index (χ3v) is 7.85. The SMILES string of the molecule is COc1cc(-c2cnc3c(n2)c(C(=O)NC(C)(C)C)c(C)n3COCC[As](C)C)cc(OC)c1OC. The molecule has 2 aromatic heterocycles. The van der Waals surface area contributed by atoms with Crippen LogP contribution in [-0.2, 0) is 11.5 Å². The fourth-order valence-corrected chi connectivity index (χ4v) is 4.85. The first-order valence-corrected chi connectivity index (χ1v) is 16.8. The first-order valence-electron chi connectivity index (χ1n) is 11.7. The van der Waals surface area contributed by atoms with Crippen LogP contribution >= 0.6 is 0 Å². The maximum absolute atomic E-state index is 13.4. The van der Waals surface area contributed by atoms with Gasteiger partial charge in [0, 0.05) is 0 Å². The second kappa shape index (κ2) is 11.5. The van der Waals surface area contributed by atoms with Crippen molar-refractivity contribution in [2.45, 2.75) is 56.6 Å². The van der Waals surface area contributed by atoms with Gasteiger partial charge < -0.3 is 14.2 Å². The number of fused-ring (bicyclic) bond motifs is 1. The number of amides is 1. The molecule has 0 radical (unpaired) electrons. The Hall–Kier alpha value is -2.77. The molecule has 196 valence electrons. The Balaban J connectivity index is 2.15. The number of carbonyl (C=O) groups is 1. The van der Waals surface area contributed by atoms with Gasteiger partial charge in [-0.25, -0.2) is 0 Å². The molecule has 1 N–H and O–H groups in total. The van der Waals surface area contributed by atoms with E-state index in [9.17, 15) is 4.79 Å². The zero-order chi connectivity index (χ0) is 26.6. The number of hydrogen-bond acceptors (Lipinski definition) is 7. The minimum atomic E-state index is -0.774. The van der Waals surface area contributed by atoms with Crippen LogP contribution in [0, 0.1) is 6.92 Å². The van der Waals surface area contributed by atoms with Crippen molar-refractivity contribution in [2.24, 2.45) is 0 Å². The van der Waals surface area contributed by atoms with Gasteiger partial charge in [0.05, 0.1) is 21.3 Å². The first-order chi connectivity index (χ1) is 17.0. The van der Waals surface area contributed by atoms with Crippen LogP contribution in [0.1, 0.15) is 36.8 Å². The molecule has 3 aromatic rings. The maximum atomic E-state index is 13.4. The Labute approximate surface area is 217 Å². The van der Waals surface area contributed by atoms with E-state index in [2.05, 4.69) is 16.7 Å². The van der Waals surface area contributed by atoms with Crippen molar-refractivity contribution >= 4 is 31.7 Å². The van der Waals surface area contributed by atoms with Gasteiger partial charge in [-0.2, -0.15) is 0 Å². The molecule has 1 aromatic carbocycles. The molecule has 0 aliphatic carbocycles. The van der Waals surface area contributed by atoms with Gasteiger partial charge in [-0.15, -0.1) is 0 Å². The molecule has 9 nitrogen and oxygen atoms in total. The van der Waals surface area contributed by atoms with Gasteiger partial charge in [-0.1, -0.05) is 0 Å². The molecule has 2 heterocycles. The van der Waals surface area contributed by atoms with Gasteiger partial charge in [0.25, 0.3) is 0 Å². The molecule has 0 unspecified atom stereocenters. The standard InChI is InChI=1S/C26H37AsN4O5/c1-16-21(25(32)30-26(2,3)4)22-24(31(16)15-36-11-10-27(5)6)28-14-18(29-22)17-12-19(33-7)23(35-9)20(13-17)34-8/h12-14H,10-11,15H2,1-9H3,(H,30,32). The molecule has 10 heteroatoms. The molecule has 1 amide bonds. The summed E-state index contributed by atoms with van der Waals surface area (Å²) in [5.74, 6) is 1.31. The van der Waals surface area contributed by atoms with Crippen molar-refractivity contribution in [3.63, 3.8) is 0 Å². The topological polar surface area (TPSA) is 96.7 Å². The van der Waals surface area contributed by atoms with E-state index in [0.717, 1.165) is 16.5 Å². The number of nitrogens with zero attached hydrogens (tertiary/aromatic N) is 3. The van der Waals surface area contributed by atoms with E-state index in [-0.39, 0.29) is 5.91 Å². The van der Waals surface area contributed by atoms with Crippen LogP contribution in [0.25, 0.3) is 22.4 Å². The zero-order valence-corrected chi connectivity index (χ0v) is 24.6. The Morgan fingerprint density at radius 2 is 1.72 bits per heavy atom. The minimum absolute atomic E-state index is 0.199. The van der Waals surface area contributed by atoms with Crippen LogP contribution in [0.4, 0.5) is 0 Å². The van der Waals surface area contributed by atoms with Crippen molar-refractivity contribution in [3.8, 4) is 28.5 Å². The second-order valence-corrected chi connectivity index (χ2v) is 15.2. The number of nitrogens with one attached hydrogen (secondary N) is 1. The number of ether oxygens (including phenoxy) is 4. The monoisotopic (exact) mass is 560 g/mol. The predicted molar refractivity (Wildman–Crippen MR) is 143 cm³/mol. The summed E-state index contributed by atoms with van der Waals surface area (Å²) >= 11 is -0.774. The molecule has 0 atom stereocenters. The van der Waals surface area contributed by atoms with Crippen LogP contribution < -0.4 is 19.5 Å². The van der Waals surface area contributed by atoms with Crippen molar-refractivity contribution in [1.29, 1.82) is 0 Å². The van der Waals surface area contributed by atoms with Gasteiger partial charge >= 0.3 is 177 Å². The quantitative estimate of drug-likeness (QED) is 0.284. The Morgan fingerprint density at radius 3 is 2.25 bits per heavy atom. The molecule has 0 bridgehead atoms. The number of hydrogen-bond donors (Lipinski definition) is 1. The number of carbonyl (C=O) groups excluding carboxylic acids is 1. The van der Waals surface area contributed by atoms with Crippen LogP contribution in [0.5, 0.6) is 17.2 Å². The minimum Gasteiger partial charge on any atom is -0.493 e. The predicted octanol–water partition coefficient (Wildman–Crippen LogP) is 4.69. The summed E-state index contributed by atoms with van der Waals surface area (Å²) in [6.07, 6.45) is 1.69. The summed E-state index contributed by atoms with van der Waals surface area (Å²) in [5, 5.41) is 4.16. The van der Waals surface area contributed by atoms with Crippen LogP contribution in [0.2, 0.25) is 16.6 Å². The molecule has 0 spiro atoms. The van der Waals surface area contributed by atoms with E-state index >= 15 is 0 Å². The fourth-order valence-electron chi connectivity index (χ4n) is 3.82. The molecule has 0 saturated carbocycles. The van der Waals surface area contributed by atoms with E-state index in [1.54, 1.807) is 27.5 Å². The fraction of sp³-hybridized carbons (Fsp3) is 0.500. The molecule has 0 aliphatic heterocycles. The van der Waals surface area contributed by atoms with E-state index in [4.69, 9.17) is 28.9 Å². The molecule has 0 aliphatic rings. The second-order valence-electron chi connectivity index (χ2n) is 9.77. The number of methoxy groups -OCH3 is 3. The molecular weight excluding hydrogens is 523 g/mol. The van der Waals surface area contributed by atoms with Crippen molar-refractivity contribution in [3.05, 3.63) is 29.6 Å². The van der Waals surface area contributed by atoms with Crippen LogP contribution in [0.15, 0.2) is 18.3 Å². The number of rotatable bonds is 10. The van der Waals surface area contributed by atoms with Crippen molar-refractivity contribution in [1.82, 2.24) is 19.9 Å². The number of aromatic nitrogens is 3. The Morgan fingerprint density at radius 1 is 1.08 bits per heavy atom. The van der Waals surface area contributed by atoms with Crippen LogP contribution in [-0.4, -0.2) is 68.6 Å². The third kappa shape index (κ3) is 6.13. The molecule has 0 saturated heterocycles. The van der Waals surface area contributed by atoms with Crippen molar-refractivity contribution in [2.75, 3.05) is 27.9 Å². The van der Waals surface area contributed by atoms with Gasteiger partial charge in [-0.05, 0) is 0 Å². The van der Waals surface area contributed by atoms with Gasteiger partial charge in [0.1, 0.15) is 0 Å². The van der Waals surface area contributed by atoms with E-state index in [0.29, 0.717) is 53.0 Å². The van der Waals surface area contributed by atoms with Gasteiger partial charge in [0.2, 0.25) is 5.75 Å². The zero-order valence-electron chi connectivity index (χ0n) is 22.7. The average Bonchev–Trinajstić information content (AvgIpc) is 3.09. The summed E-state index contributed by atoms with van der Waals surface area (Å²) in [4.78, 5) is 23.0. The van der Waals surface area contributed by atoms with Crippen LogP contribution in [0.3, 0.4) is 0 Å². The Bertz CT molecular complexity index is 1210. The normalized spacial score (nSPS) is 11.7. The molecule has 3 rings (SSSR count). The average molecular weight is 561 g/mol.